The number of nitro benzene ring substituents is 1. The van der Waals surface area contributed by atoms with Crippen molar-refractivity contribution in [3.05, 3.63) is 39.9 Å². The molecule has 0 saturated heterocycles. The van der Waals surface area contributed by atoms with Crippen LogP contribution in [0.25, 0.3) is 0 Å². The summed E-state index contributed by atoms with van der Waals surface area (Å²) in [5.74, 6) is 0.500. The van der Waals surface area contributed by atoms with Crippen molar-refractivity contribution < 1.29 is 4.92 Å². The van der Waals surface area contributed by atoms with Crippen molar-refractivity contribution in [2.24, 2.45) is 5.92 Å². The van der Waals surface area contributed by atoms with Gasteiger partial charge in [-0.15, -0.1) is 0 Å². The molecular weight excluding hydrogens is 216 g/mol. The van der Waals surface area contributed by atoms with Crippen molar-refractivity contribution in [3.8, 4) is 0 Å². The maximum atomic E-state index is 10.9. The van der Waals surface area contributed by atoms with Crippen LogP contribution in [0.5, 0.6) is 0 Å². The topological polar surface area (TPSA) is 55.2 Å². The molecule has 0 aliphatic carbocycles. The van der Waals surface area contributed by atoms with Gasteiger partial charge in [0.2, 0.25) is 0 Å². The second-order valence-corrected chi connectivity index (χ2v) is 4.37. The van der Waals surface area contributed by atoms with Gasteiger partial charge in [-0.2, -0.15) is 0 Å². The second kappa shape index (κ2) is 6.35. The van der Waals surface area contributed by atoms with Gasteiger partial charge in [0.15, 0.2) is 0 Å². The number of likely N-dealkylation sites (N-methyl/N-ethyl adjacent to an activating group) is 1. The van der Waals surface area contributed by atoms with E-state index in [0.717, 1.165) is 12.0 Å². The smallest absolute Gasteiger partial charge is 0.272 e. The zero-order valence-electron chi connectivity index (χ0n) is 10.6. The van der Waals surface area contributed by atoms with Crippen molar-refractivity contribution in [1.29, 1.82) is 0 Å². The molecule has 0 amide bonds. The molecule has 0 aliphatic rings. The Morgan fingerprint density at radius 3 is 2.59 bits per heavy atom. The molecule has 0 bridgehead atoms. The molecule has 0 aliphatic heterocycles. The zero-order chi connectivity index (χ0) is 12.8. The van der Waals surface area contributed by atoms with Crippen LogP contribution in [0.15, 0.2) is 24.3 Å². The van der Waals surface area contributed by atoms with E-state index < -0.39 is 0 Å². The first kappa shape index (κ1) is 13.6. The first-order chi connectivity index (χ1) is 8.10. The third kappa shape index (κ3) is 3.53. The van der Waals surface area contributed by atoms with Crippen LogP contribution in [0.4, 0.5) is 5.69 Å². The number of nitro groups is 1. The Bertz CT molecular complexity index is 379. The highest BCUT2D eigenvalue weighted by Crippen LogP contribution is 2.21. The van der Waals surface area contributed by atoms with Gasteiger partial charge in [-0.05, 0) is 19.4 Å². The minimum atomic E-state index is -0.307. The Hall–Kier alpha value is -1.42. The molecule has 1 N–H and O–H groups in total. The van der Waals surface area contributed by atoms with Crippen molar-refractivity contribution >= 4 is 5.69 Å². The Kier molecular flexibility index (Phi) is 5.10. The van der Waals surface area contributed by atoms with Gasteiger partial charge in [-0.1, -0.05) is 38.5 Å². The fourth-order valence-corrected chi connectivity index (χ4v) is 1.97. The van der Waals surface area contributed by atoms with E-state index in [0.29, 0.717) is 12.3 Å². The fraction of sp³-hybridized carbons (Fsp3) is 0.538. The van der Waals surface area contributed by atoms with Gasteiger partial charge in [-0.3, -0.25) is 10.1 Å². The van der Waals surface area contributed by atoms with Crippen molar-refractivity contribution in [3.63, 3.8) is 0 Å². The minimum Gasteiger partial charge on any atom is -0.316 e. The predicted octanol–water partition coefficient (Wildman–Crippen LogP) is 2.77. The van der Waals surface area contributed by atoms with Gasteiger partial charge >= 0.3 is 0 Å². The Balaban J connectivity index is 2.89. The first-order valence-electron chi connectivity index (χ1n) is 5.99. The van der Waals surface area contributed by atoms with E-state index in [-0.39, 0.29) is 16.7 Å². The molecule has 1 aromatic carbocycles. The normalized spacial score (nSPS) is 14.3. The van der Waals surface area contributed by atoms with Crippen LogP contribution in [0.1, 0.15) is 25.8 Å². The van der Waals surface area contributed by atoms with E-state index in [2.05, 4.69) is 19.2 Å². The molecule has 94 valence electrons. The van der Waals surface area contributed by atoms with Gasteiger partial charge in [0.25, 0.3) is 5.69 Å². The molecule has 0 aromatic heterocycles. The summed E-state index contributed by atoms with van der Waals surface area (Å²) in [4.78, 5) is 10.6. The van der Waals surface area contributed by atoms with Crippen LogP contribution in [-0.4, -0.2) is 18.0 Å². The van der Waals surface area contributed by atoms with Crippen LogP contribution in [-0.2, 0) is 6.42 Å². The SMILES string of the molecule is CCC(C)C(Cc1ccccc1[N+](=O)[O-])NC. The monoisotopic (exact) mass is 236 g/mol. The van der Waals surface area contributed by atoms with Crippen molar-refractivity contribution in [1.82, 2.24) is 5.32 Å². The van der Waals surface area contributed by atoms with Gasteiger partial charge in [0.1, 0.15) is 0 Å². The summed E-state index contributed by atoms with van der Waals surface area (Å²) in [6, 6.07) is 7.25. The maximum absolute atomic E-state index is 10.9. The zero-order valence-corrected chi connectivity index (χ0v) is 10.6. The van der Waals surface area contributed by atoms with Gasteiger partial charge in [0, 0.05) is 17.7 Å². The highest BCUT2D eigenvalue weighted by Gasteiger charge is 2.19. The van der Waals surface area contributed by atoms with Crippen molar-refractivity contribution in [2.75, 3.05) is 7.05 Å². The predicted molar refractivity (Wildman–Crippen MR) is 69.1 cm³/mol. The molecular formula is C13H20N2O2. The number of hydrogen-bond acceptors (Lipinski definition) is 3. The maximum Gasteiger partial charge on any atom is 0.272 e. The van der Waals surface area contributed by atoms with E-state index >= 15 is 0 Å². The number of hydrogen-bond donors (Lipinski definition) is 1. The Morgan fingerprint density at radius 1 is 1.41 bits per heavy atom. The van der Waals surface area contributed by atoms with Gasteiger partial charge in [-0.25, -0.2) is 0 Å². The number of nitrogens with zero attached hydrogens (tertiary/aromatic N) is 1. The summed E-state index contributed by atoms with van der Waals surface area (Å²) >= 11 is 0. The van der Waals surface area contributed by atoms with Gasteiger partial charge in [0.05, 0.1) is 4.92 Å². The van der Waals surface area contributed by atoms with E-state index in [1.54, 1.807) is 12.1 Å². The lowest BCUT2D eigenvalue weighted by Crippen LogP contribution is -2.34. The molecule has 0 heterocycles. The number of benzene rings is 1. The number of para-hydroxylation sites is 1. The third-order valence-corrected chi connectivity index (χ3v) is 3.33. The summed E-state index contributed by atoms with van der Waals surface area (Å²) < 4.78 is 0. The molecule has 4 heteroatoms. The molecule has 0 fully saturated rings. The van der Waals surface area contributed by atoms with E-state index in [9.17, 15) is 10.1 Å². The first-order valence-corrected chi connectivity index (χ1v) is 5.99. The lowest BCUT2D eigenvalue weighted by atomic mass is 9.92. The largest absolute Gasteiger partial charge is 0.316 e. The summed E-state index contributed by atoms with van der Waals surface area (Å²) in [5, 5.41) is 14.2. The summed E-state index contributed by atoms with van der Waals surface area (Å²) in [6.45, 7) is 4.30. The van der Waals surface area contributed by atoms with Crippen LogP contribution in [0.2, 0.25) is 0 Å². The van der Waals surface area contributed by atoms with E-state index in [1.165, 1.54) is 0 Å². The van der Waals surface area contributed by atoms with Crippen LogP contribution < -0.4 is 5.32 Å². The molecule has 4 nitrogen and oxygen atoms in total. The Morgan fingerprint density at radius 2 is 2.06 bits per heavy atom. The lowest BCUT2D eigenvalue weighted by Gasteiger charge is -2.22. The molecule has 0 spiro atoms. The van der Waals surface area contributed by atoms with Crippen LogP contribution in [0, 0.1) is 16.0 Å². The van der Waals surface area contributed by atoms with Crippen LogP contribution >= 0.6 is 0 Å². The minimum absolute atomic E-state index is 0.219. The molecule has 1 aromatic rings. The van der Waals surface area contributed by atoms with Gasteiger partial charge < -0.3 is 5.32 Å². The molecule has 2 atom stereocenters. The highest BCUT2D eigenvalue weighted by molar-refractivity contribution is 5.40. The average molecular weight is 236 g/mol. The summed E-state index contributed by atoms with van der Waals surface area (Å²) in [5.41, 5.74) is 1.02. The van der Waals surface area contributed by atoms with Crippen molar-refractivity contribution in [2.45, 2.75) is 32.7 Å². The van der Waals surface area contributed by atoms with Crippen LogP contribution in [0.3, 0.4) is 0 Å². The molecule has 0 saturated carbocycles. The lowest BCUT2D eigenvalue weighted by molar-refractivity contribution is -0.385. The molecule has 0 radical (unpaired) electrons. The summed E-state index contributed by atoms with van der Waals surface area (Å²) in [7, 11) is 1.91. The third-order valence-electron chi connectivity index (χ3n) is 3.33. The van der Waals surface area contributed by atoms with E-state index in [4.69, 9.17) is 0 Å². The molecule has 2 unspecified atom stereocenters. The fourth-order valence-electron chi connectivity index (χ4n) is 1.97. The number of nitrogens with one attached hydrogen (secondary N) is 1. The number of rotatable bonds is 6. The average Bonchev–Trinajstić information content (AvgIpc) is 2.35. The molecule has 1 rings (SSSR count). The quantitative estimate of drug-likeness (QED) is 0.610. The van der Waals surface area contributed by atoms with E-state index in [1.807, 2.05) is 19.2 Å². The summed E-state index contributed by atoms with van der Waals surface area (Å²) in [6.07, 6.45) is 1.76. The second-order valence-electron chi connectivity index (χ2n) is 4.37. The highest BCUT2D eigenvalue weighted by atomic mass is 16.6. The Labute approximate surface area is 102 Å². The molecule has 17 heavy (non-hydrogen) atoms. The standard InChI is InChI=1S/C13H20N2O2/c1-4-10(2)12(14-3)9-11-7-5-6-8-13(11)15(16)17/h5-8,10,12,14H,4,9H2,1-3H3.